The third kappa shape index (κ3) is 2.08. The van der Waals surface area contributed by atoms with Gasteiger partial charge in [0.2, 0.25) is 0 Å². The molecule has 0 amide bonds. The Morgan fingerprint density at radius 1 is 1.31 bits per heavy atom. The molecule has 0 atom stereocenters. The first-order valence-electron chi connectivity index (χ1n) is 5.08. The molecule has 0 radical (unpaired) electrons. The summed E-state index contributed by atoms with van der Waals surface area (Å²) in [7, 11) is 0. The summed E-state index contributed by atoms with van der Waals surface area (Å²) in [6.45, 7) is 0. The number of hydrogen-bond acceptors (Lipinski definition) is 2. The second kappa shape index (κ2) is 4.48. The van der Waals surface area contributed by atoms with Gasteiger partial charge in [-0.2, -0.15) is 0 Å². The molecule has 2 rings (SSSR count). The molecule has 84 valence electrons. The van der Waals surface area contributed by atoms with Gasteiger partial charge < -0.3 is 5.73 Å². The lowest BCUT2D eigenvalue weighted by Gasteiger charge is -2.06. The molecule has 2 nitrogen and oxygen atoms in total. The van der Waals surface area contributed by atoms with Crippen molar-refractivity contribution in [1.82, 2.24) is 0 Å². The van der Waals surface area contributed by atoms with Crippen molar-refractivity contribution >= 4 is 34.7 Å². The van der Waals surface area contributed by atoms with E-state index in [1.165, 1.54) is 0 Å². The minimum absolute atomic E-state index is 0.00256. The van der Waals surface area contributed by atoms with E-state index < -0.39 is 0 Å². The fraction of sp³-hybridized carbons (Fsp3) is 0.250. The van der Waals surface area contributed by atoms with E-state index in [0.29, 0.717) is 21.3 Å². The maximum Gasteiger partial charge on any atom is 0.188 e. The molecule has 1 aromatic carbocycles. The third-order valence-electron chi connectivity index (χ3n) is 2.65. The number of nitrogens with two attached hydrogens (primary N) is 1. The lowest BCUT2D eigenvalue weighted by atomic mass is 10.0. The molecule has 0 spiro atoms. The highest BCUT2D eigenvalue weighted by Gasteiger charge is 2.17. The Labute approximate surface area is 104 Å². The lowest BCUT2D eigenvalue weighted by molar-refractivity contribution is 0.103. The smallest absolute Gasteiger partial charge is 0.188 e. The molecule has 0 aromatic heterocycles. The molecule has 0 aliphatic heterocycles. The number of rotatable bonds is 2. The van der Waals surface area contributed by atoms with Crippen LogP contribution in [0.15, 0.2) is 23.8 Å². The maximum absolute atomic E-state index is 12.0. The summed E-state index contributed by atoms with van der Waals surface area (Å²) >= 11 is 11.7. The normalized spacial score (nSPS) is 15.0. The Morgan fingerprint density at radius 3 is 2.62 bits per heavy atom. The van der Waals surface area contributed by atoms with E-state index >= 15 is 0 Å². The van der Waals surface area contributed by atoms with Gasteiger partial charge in [-0.25, -0.2) is 0 Å². The molecule has 0 fully saturated rings. The average Bonchev–Trinajstić information content (AvgIpc) is 2.77. The first-order chi connectivity index (χ1) is 7.59. The Bertz CT molecular complexity index is 457. The number of halogens is 2. The summed E-state index contributed by atoms with van der Waals surface area (Å²) in [5, 5.41) is 0.627. The quantitative estimate of drug-likeness (QED) is 0.644. The van der Waals surface area contributed by atoms with Crippen molar-refractivity contribution in [3.63, 3.8) is 0 Å². The molecule has 1 aliphatic carbocycles. The van der Waals surface area contributed by atoms with Gasteiger partial charge in [-0.3, -0.25) is 4.79 Å². The first-order valence-corrected chi connectivity index (χ1v) is 5.83. The number of anilines is 1. The zero-order valence-electron chi connectivity index (χ0n) is 8.59. The second-order valence-corrected chi connectivity index (χ2v) is 4.60. The highest BCUT2D eigenvalue weighted by Crippen LogP contribution is 2.31. The summed E-state index contributed by atoms with van der Waals surface area (Å²) in [4.78, 5) is 12.0. The summed E-state index contributed by atoms with van der Waals surface area (Å²) in [5.41, 5.74) is 7.37. The van der Waals surface area contributed by atoms with Crippen LogP contribution in [0.1, 0.15) is 29.6 Å². The van der Waals surface area contributed by atoms with Gasteiger partial charge in [0.25, 0.3) is 0 Å². The van der Waals surface area contributed by atoms with Crippen molar-refractivity contribution in [2.24, 2.45) is 0 Å². The van der Waals surface area contributed by atoms with Crippen LogP contribution >= 0.6 is 23.2 Å². The van der Waals surface area contributed by atoms with Crippen LogP contribution in [0.2, 0.25) is 10.0 Å². The molecule has 0 saturated heterocycles. The molecule has 16 heavy (non-hydrogen) atoms. The van der Waals surface area contributed by atoms with Crippen molar-refractivity contribution < 1.29 is 4.79 Å². The summed E-state index contributed by atoms with van der Waals surface area (Å²) in [6, 6.07) is 3.15. The Kier molecular flexibility index (Phi) is 3.22. The van der Waals surface area contributed by atoms with Gasteiger partial charge in [0, 0.05) is 5.56 Å². The highest BCUT2D eigenvalue weighted by atomic mass is 35.5. The number of hydrogen-bond donors (Lipinski definition) is 1. The van der Waals surface area contributed by atoms with Crippen molar-refractivity contribution in [3.05, 3.63) is 39.4 Å². The molecule has 0 heterocycles. The highest BCUT2D eigenvalue weighted by molar-refractivity contribution is 6.44. The second-order valence-electron chi connectivity index (χ2n) is 3.81. The molecule has 1 aromatic rings. The number of carbonyl (C=O) groups is 1. The van der Waals surface area contributed by atoms with Gasteiger partial charge in [-0.05, 0) is 37.0 Å². The average molecular weight is 256 g/mol. The fourth-order valence-corrected chi connectivity index (χ4v) is 2.14. The van der Waals surface area contributed by atoms with Crippen LogP contribution < -0.4 is 5.73 Å². The van der Waals surface area contributed by atoms with Crippen LogP contribution in [0.25, 0.3) is 0 Å². The van der Waals surface area contributed by atoms with E-state index in [1.807, 2.05) is 6.08 Å². The minimum atomic E-state index is 0.00256. The summed E-state index contributed by atoms with van der Waals surface area (Å²) < 4.78 is 0. The molecular weight excluding hydrogens is 245 g/mol. The monoisotopic (exact) mass is 255 g/mol. The van der Waals surface area contributed by atoms with Crippen molar-refractivity contribution in [3.8, 4) is 0 Å². The Hall–Kier alpha value is -0.990. The van der Waals surface area contributed by atoms with Gasteiger partial charge in [0.15, 0.2) is 5.78 Å². The van der Waals surface area contributed by atoms with Crippen LogP contribution in [0.5, 0.6) is 0 Å². The molecule has 0 saturated carbocycles. The molecular formula is C12H11Cl2NO. The fourth-order valence-electron chi connectivity index (χ4n) is 1.80. The van der Waals surface area contributed by atoms with Crippen molar-refractivity contribution in [1.29, 1.82) is 0 Å². The third-order valence-corrected chi connectivity index (χ3v) is 3.47. The van der Waals surface area contributed by atoms with Gasteiger partial charge in [-0.15, -0.1) is 0 Å². The molecule has 2 N–H and O–H groups in total. The van der Waals surface area contributed by atoms with E-state index in [0.717, 1.165) is 24.8 Å². The van der Waals surface area contributed by atoms with Crippen LogP contribution in [-0.2, 0) is 0 Å². The minimum Gasteiger partial charge on any atom is -0.397 e. The van der Waals surface area contributed by atoms with E-state index in [-0.39, 0.29) is 5.78 Å². The number of Topliss-reactive ketones (excluding diaryl/α,β-unsaturated/α-hetero) is 1. The van der Waals surface area contributed by atoms with Crippen LogP contribution in [-0.4, -0.2) is 5.78 Å². The summed E-state index contributed by atoms with van der Waals surface area (Å²) in [6.07, 6.45) is 4.82. The van der Waals surface area contributed by atoms with E-state index in [4.69, 9.17) is 28.9 Å². The Morgan fingerprint density at radius 2 is 2.06 bits per heavy atom. The van der Waals surface area contributed by atoms with Crippen LogP contribution in [0.3, 0.4) is 0 Å². The van der Waals surface area contributed by atoms with E-state index in [9.17, 15) is 4.79 Å². The predicted molar refractivity (Wildman–Crippen MR) is 67.1 cm³/mol. The topological polar surface area (TPSA) is 43.1 Å². The van der Waals surface area contributed by atoms with Crippen molar-refractivity contribution in [2.45, 2.75) is 19.3 Å². The first kappa shape index (κ1) is 11.5. The Balaban J connectivity index is 2.37. The van der Waals surface area contributed by atoms with Crippen molar-refractivity contribution in [2.75, 3.05) is 5.73 Å². The zero-order valence-corrected chi connectivity index (χ0v) is 10.1. The number of nitrogen functional groups attached to an aromatic ring is 1. The van der Waals surface area contributed by atoms with E-state index in [2.05, 4.69) is 0 Å². The van der Waals surface area contributed by atoms with E-state index in [1.54, 1.807) is 12.1 Å². The molecule has 4 heteroatoms. The van der Waals surface area contributed by atoms with Gasteiger partial charge in [0.05, 0.1) is 15.7 Å². The van der Waals surface area contributed by atoms with Gasteiger partial charge in [0.1, 0.15) is 0 Å². The molecule has 0 bridgehead atoms. The number of carbonyl (C=O) groups excluding carboxylic acids is 1. The standard InChI is InChI=1S/C12H11Cl2NO/c13-9-5-8(6-10(15)11(9)14)12(16)7-3-1-2-4-7/h3,5-6H,1-2,4,15H2. The zero-order chi connectivity index (χ0) is 11.7. The number of allylic oxidation sites excluding steroid dienone is 2. The number of ketones is 1. The predicted octanol–water partition coefficient (Wildman–Crippen LogP) is 3.87. The van der Waals surface area contributed by atoms with Crippen LogP contribution in [0, 0.1) is 0 Å². The largest absolute Gasteiger partial charge is 0.397 e. The SMILES string of the molecule is Nc1cc(C(=O)C2=CCCC2)cc(Cl)c1Cl. The molecule has 0 unspecified atom stereocenters. The summed E-state index contributed by atoms with van der Waals surface area (Å²) in [5.74, 6) is 0.00256. The van der Waals surface area contributed by atoms with Gasteiger partial charge >= 0.3 is 0 Å². The number of benzene rings is 1. The maximum atomic E-state index is 12.0. The lowest BCUT2D eigenvalue weighted by Crippen LogP contribution is -2.03. The van der Waals surface area contributed by atoms with Gasteiger partial charge in [-0.1, -0.05) is 29.3 Å². The van der Waals surface area contributed by atoms with Crippen LogP contribution in [0.4, 0.5) is 5.69 Å². The molecule has 1 aliphatic rings.